The van der Waals surface area contributed by atoms with Crippen molar-refractivity contribution in [1.29, 1.82) is 0 Å². The number of nitrogens with one attached hydrogen (secondary N) is 1. The van der Waals surface area contributed by atoms with Crippen LogP contribution in [0.3, 0.4) is 0 Å². The number of anilines is 2. The number of nitrogens with zero attached hydrogens (tertiary/aromatic N) is 2. The summed E-state index contributed by atoms with van der Waals surface area (Å²) in [6.45, 7) is 6.04. The molecule has 0 saturated carbocycles. The maximum Gasteiger partial charge on any atom is 0.261 e. The number of halogens is 2. The lowest BCUT2D eigenvalue weighted by molar-refractivity contribution is 0.250. The van der Waals surface area contributed by atoms with E-state index in [1.165, 1.54) is 0 Å². The lowest BCUT2D eigenvalue weighted by Crippen LogP contribution is -2.46. The van der Waals surface area contributed by atoms with Crippen LogP contribution in [-0.4, -0.2) is 39.5 Å². The van der Waals surface area contributed by atoms with Gasteiger partial charge in [0.15, 0.2) is 0 Å². The Bertz CT molecular complexity index is 1190. The first-order valence-corrected chi connectivity index (χ1v) is 12.7. The lowest BCUT2D eigenvalue weighted by atomic mass is 10.2. The Labute approximate surface area is 199 Å². The molecule has 168 valence electrons. The zero-order valence-corrected chi connectivity index (χ0v) is 20.1. The van der Waals surface area contributed by atoms with Crippen molar-refractivity contribution in [3.05, 3.63) is 87.9 Å². The lowest BCUT2D eigenvalue weighted by Gasteiger charge is -2.37. The first-order chi connectivity index (χ1) is 15.3. The summed E-state index contributed by atoms with van der Waals surface area (Å²) in [6.07, 6.45) is 0. The number of rotatable bonds is 6. The standard InChI is InChI=1S/C24H25Cl2N3O2S/c1-18-6-9-20(10-7-18)32(30,31)27-23-4-2-3-5-24(23)29-14-12-28(13-15-29)17-19-8-11-21(25)22(26)16-19/h2-11,16,27H,12-15,17H2,1H3. The van der Waals surface area contributed by atoms with E-state index in [-0.39, 0.29) is 4.90 Å². The van der Waals surface area contributed by atoms with Crippen LogP contribution in [-0.2, 0) is 16.6 Å². The van der Waals surface area contributed by atoms with E-state index >= 15 is 0 Å². The Hall–Kier alpha value is -2.25. The molecule has 3 aromatic rings. The van der Waals surface area contributed by atoms with Gasteiger partial charge in [-0.05, 0) is 48.9 Å². The molecule has 0 aliphatic carbocycles. The van der Waals surface area contributed by atoms with Crippen LogP contribution in [0.15, 0.2) is 71.6 Å². The van der Waals surface area contributed by atoms with Crippen molar-refractivity contribution in [2.24, 2.45) is 0 Å². The first-order valence-electron chi connectivity index (χ1n) is 10.4. The summed E-state index contributed by atoms with van der Waals surface area (Å²) < 4.78 is 28.6. The van der Waals surface area contributed by atoms with E-state index in [9.17, 15) is 8.42 Å². The van der Waals surface area contributed by atoms with Crippen molar-refractivity contribution < 1.29 is 8.42 Å². The minimum Gasteiger partial charge on any atom is -0.367 e. The highest BCUT2D eigenvalue weighted by molar-refractivity contribution is 7.92. The quantitative estimate of drug-likeness (QED) is 0.501. The molecule has 0 bridgehead atoms. The fourth-order valence-corrected chi connectivity index (χ4v) is 5.19. The molecule has 0 spiro atoms. The molecule has 5 nitrogen and oxygen atoms in total. The monoisotopic (exact) mass is 489 g/mol. The van der Waals surface area contributed by atoms with Crippen molar-refractivity contribution in [3.63, 3.8) is 0 Å². The Balaban J connectivity index is 1.44. The third kappa shape index (κ3) is 5.38. The van der Waals surface area contributed by atoms with Crippen molar-refractivity contribution in [1.82, 2.24) is 4.90 Å². The van der Waals surface area contributed by atoms with Gasteiger partial charge in [-0.15, -0.1) is 0 Å². The van der Waals surface area contributed by atoms with Crippen LogP contribution in [0, 0.1) is 6.92 Å². The molecule has 8 heteroatoms. The minimum absolute atomic E-state index is 0.254. The molecule has 0 amide bonds. The van der Waals surface area contributed by atoms with E-state index in [0.29, 0.717) is 15.7 Å². The molecule has 0 aromatic heterocycles. The molecular weight excluding hydrogens is 465 g/mol. The van der Waals surface area contributed by atoms with Gasteiger partial charge in [-0.2, -0.15) is 0 Å². The summed E-state index contributed by atoms with van der Waals surface area (Å²) >= 11 is 12.2. The summed E-state index contributed by atoms with van der Waals surface area (Å²) in [5.41, 5.74) is 3.62. The highest BCUT2D eigenvalue weighted by Crippen LogP contribution is 2.29. The molecule has 0 unspecified atom stereocenters. The van der Waals surface area contributed by atoms with E-state index in [1.807, 2.05) is 49.4 Å². The van der Waals surface area contributed by atoms with Gasteiger partial charge in [-0.1, -0.05) is 59.1 Å². The molecule has 3 aromatic carbocycles. The van der Waals surface area contributed by atoms with E-state index in [2.05, 4.69) is 14.5 Å². The van der Waals surface area contributed by atoms with Crippen LogP contribution in [0.2, 0.25) is 10.0 Å². The molecular formula is C24H25Cl2N3O2S. The molecule has 1 saturated heterocycles. The van der Waals surface area contributed by atoms with Gasteiger partial charge in [0.1, 0.15) is 0 Å². The van der Waals surface area contributed by atoms with E-state index in [4.69, 9.17) is 23.2 Å². The molecule has 1 heterocycles. The van der Waals surface area contributed by atoms with Crippen LogP contribution >= 0.6 is 23.2 Å². The number of sulfonamides is 1. The first kappa shape index (κ1) is 22.9. The number of piperazine rings is 1. The van der Waals surface area contributed by atoms with Gasteiger partial charge in [0.2, 0.25) is 0 Å². The van der Waals surface area contributed by atoms with Gasteiger partial charge in [-0.25, -0.2) is 8.42 Å². The Kier molecular flexibility index (Phi) is 6.96. The number of hydrogen-bond acceptors (Lipinski definition) is 4. The molecule has 1 fully saturated rings. The number of hydrogen-bond donors (Lipinski definition) is 1. The predicted octanol–water partition coefficient (Wildman–Crippen LogP) is 5.42. The third-order valence-corrected chi connectivity index (χ3v) is 7.70. The second kappa shape index (κ2) is 9.71. The Morgan fingerprint density at radius 2 is 1.56 bits per heavy atom. The largest absolute Gasteiger partial charge is 0.367 e. The van der Waals surface area contributed by atoms with Gasteiger partial charge in [0.25, 0.3) is 10.0 Å². The minimum atomic E-state index is -3.66. The van der Waals surface area contributed by atoms with Crippen LogP contribution in [0.4, 0.5) is 11.4 Å². The number of benzene rings is 3. The molecule has 4 rings (SSSR count). The average molecular weight is 490 g/mol. The van der Waals surface area contributed by atoms with Crippen molar-refractivity contribution >= 4 is 44.6 Å². The van der Waals surface area contributed by atoms with Crippen LogP contribution in [0.5, 0.6) is 0 Å². The zero-order chi connectivity index (χ0) is 22.7. The molecule has 0 atom stereocenters. The van der Waals surface area contributed by atoms with Gasteiger partial charge in [-0.3, -0.25) is 9.62 Å². The highest BCUT2D eigenvalue weighted by atomic mass is 35.5. The Morgan fingerprint density at radius 3 is 2.25 bits per heavy atom. The summed E-state index contributed by atoms with van der Waals surface area (Å²) in [4.78, 5) is 4.83. The normalized spacial score (nSPS) is 15.0. The SMILES string of the molecule is Cc1ccc(S(=O)(=O)Nc2ccccc2N2CCN(Cc3ccc(Cl)c(Cl)c3)CC2)cc1. The van der Waals surface area contributed by atoms with E-state index < -0.39 is 10.0 Å². The summed E-state index contributed by atoms with van der Waals surface area (Å²) in [5, 5.41) is 1.13. The fraction of sp³-hybridized carbons (Fsp3) is 0.250. The van der Waals surface area contributed by atoms with Gasteiger partial charge in [0, 0.05) is 32.7 Å². The van der Waals surface area contributed by atoms with Gasteiger partial charge in [0.05, 0.1) is 26.3 Å². The molecule has 1 aliphatic heterocycles. The van der Waals surface area contributed by atoms with Crippen LogP contribution in [0.1, 0.15) is 11.1 Å². The zero-order valence-electron chi connectivity index (χ0n) is 17.8. The van der Waals surface area contributed by atoms with Crippen molar-refractivity contribution in [3.8, 4) is 0 Å². The van der Waals surface area contributed by atoms with E-state index in [1.54, 1.807) is 24.3 Å². The third-order valence-electron chi connectivity index (χ3n) is 5.58. The second-order valence-corrected chi connectivity index (χ2v) is 10.4. The smallest absolute Gasteiger partial charge is 0.261 e. The van der Waals surface area contributed by atoms with Crippen molar-refractivity contribution in [2.45, 2.75) is 18.4 Å². The maximum absolute atomic E-state index is 12.9. The Morgan fingerprint density at radius 1 is 0.875 bits per heavy atom. The predicted molar refractivity (Wildman–Crippen MR) is 132 cm³/mol. The fourth-order valence-electron chi connectivity index (χ4n) is 3.80. The number of para-hydroxylation sites is 2. The average Bonchev–Trinajstić information content (AvgIpc) is 2.77. The van der Waals surface area contributed by atoms with Gasteiger partial charge < -0.3 is 4.90 Å². The second-order valence-electron chi connectivity index (χ2n) is 7.95. The molecule has 1 N–H and O–H groups in total. The molecule has 32 heavy (non-hydrogen) atoms. The highest BCUT2D eigenvalue weighted by Gasteiger charge is 2.22. The summed E-state index contributed by atoms with van der Waals surface area (Å²) in [6, 6.07) is 20.1. The van der Waals surface area contributed by atoms with Crippen molar-refractivity contribution in [2.75, 3.05) is 35.8 Å². The van der Waals surface area contributed by atoms with E-state index in [0.717, 1.165) is 49.5 Å². The number of aryl methyl sites for hydroxylation is 1. The summed E-state index contributed by atoms with van der Waals surface area (Å²) in [5.74, 6) is 0. The van der Waals surface area contributed by atoms with Crippen LogP contribution in [0.25, 0.3) is 0 Å². The van der Waals surface area contributed by atoms with Gasteiger partial charge >= 0.3 is 0 Å². The topological polar surface area (TPSA) is 52.7 Å². The molecule has 0 radical (unpaired) electrons. The molecule has 1 aliphatic rings. The van der Waals surface area contributed by atoms with Crippen LogP contribution < -0.4 is 9.62 Å². The maximum atomic E-state index is 12.9. The summed E-state index contributed by atoms with van der Waals surface area (Å²) in [7, 11) is -3.66.